The Morgan fingerprint density at radius 1 is 0.500 bits per heavy atom. The number of likely N-dealkylation sites (N-methyl/N-ethyl adjacent to an activating group) is 3. The van der Waals surface area contributed by atoms with E-state index in [-0.39, 0.29) is 18.3 Å². The fraction of sp³-hybridized carbons (Fsp3) is 0.818. The van der Waals surface area contributed by atoms with E-state index in [9.17, 15) is 4.57 Å². The highest BCUT2D eigenvalue weighted by molar-refractivity contribution is 7.48. The lowest BCUT2D eigenvalue weighted by Gasteiger charge is -2.36. The van der Waals surface area contributed by atoms with Crippen LogP contribution in [0.15, 0.2) is 38.5 Å². The van der Waals surface area contributed by atoms with Gasteiger partial charge in [0.05, 0.1) is 102 Å². The van der Waals surface area contributed by atoms with Gasteiger partial charge < -0.3 is 27.7 Å². The fourth-order valence-corrected chi connectivity index (χ4v) is 6.67. The van der Waals surface area contributed by atoms with Gasteiger partial charge in [-0.15, -0.1) is 0 Å². The van der Waals surface area contributed by atoms with E-state index in [1.54, 1.807) is 0 Å². The molecular weight excluding hydrogens is 581 g/mol. The molecule has 0 saturated carbocycles. The second kappa shape index (κ2) is 22.2. The number of quaternary nitrogens is 3. The highest BCUT2D eigenvalue weighted by atomic mass is 31.2. The third kappa shape index (κ3) is 25.9. The van der Waals surface area contributed by atoms with Gasteiger partial charge in [0.25, 0.3) is 0 Å². The molecule has 3 unspecified atom stereocenters. The Balaban J connectivity index is 6.25. The van der Waals surface area contributed by atoms with Crippen LogP contribution in [0.3, 0.4) is 0 Å². The highest BCUT2D eigenvalue weighted by Crippen LogP contribution is 2.54. The lowest BCUT2D eigenvalue weighted by molar-refractivity contribution is -0.874. The molecule has 0 rings (SSSR count). The first-order chi connectivity index (χ1) is 20.4. The molecule has 10 nitrogen and oxygen atoms in total. The van der Waals surface area contributed by atoms with Crippen molar-refractivity contribution >= 4 is 7.82 Å². The van der Waals surface area contributed by atoms with Gasteiger partial charge in [0.1, 0.15) is 37.9 Å². The van der Waals surface area contributed by atoms with Gasteiger partial charge in [0.2, 0.25) is 0 Å². The molecule has 0 aromatic carbocycles. The van der Waals surface area contributed by atoms with E-state index in [2.05, 4.69) is 83.2 Å². The molecule has 0 fully saturated rings. The molecule has 0 aliphatic carbocycles. The summed E-state index contributed by atoms with van der Waals surface area (Å²) in [6, 6.07) is 0. The summed E-state index contributed by atoms with van der Waals surface area (Å²) < 4.78 is 52.5. The van der Waals surface area contributed by atoms with Crippen LogP contribution < -0.4 is 0 Å². The lowest BCUT2D eigenvalue weighted by Crippen LogP contribution is -2.44. The van der Waals surface area contributed by atoms with Crippen molar-refractivity contribution < 1.29 is 45.8 Å². The minimum atomic E-state index is -4.00. The standard InChI is InChI=1S/C33H69N3O7P/c1-13-38-25-19-16-22-31(28-34(4,5)6)41-44(37,42-32(29-35(7,8)9)23-17-20-26-39-14-2)43-33(30-36(10,11)12)24-18-21-27-40-15-3/h13-15,31-33H,1-3,16-30H2,4-12H3/q+3. The average Bonchev–Trinajstić information content (AvgIpc) is 2.85. The fourth-order valence-electron chi connectivity index (χ4n) is 4.91. The summed E-state index contributed by atoms with van der Waals surface area (Å²) in [4.78, 5) is 0. The maximum absolute atomic E-state index is 14.9. The van der Waals surface area contributed by atoms with Crippen LogP contribution in [-0.2, 0) is 32.3 Å². The van der Waals surface area contributed by atoms with Gasteiger partial charge in [0.15, 0.2) is 0 Å². The number of rotatable bonds is 30. The average molecular weight is 651 g/mol. The van der Waals surface area contributed by atoms with Gasteiger partial charge in [-0.1, -0.05) is 19.7 Å². The Morgan fingerprint density at radius 3 is 0.955 bits per heavy atom. The number of hydrogen-bond donors (Lipinski definition) is 0. The quantitative estimate of drug-likeness (QED) is 0.0388. The molecule has 0 saturated heterocycles. The minimum absolute atomic E-state index is 0.318. The number of unbranched alkanes of at least 4 members (excludes halogenated alkanes) is 3. The van der Waals surface area contributed by atoms with Gasteiger partial charge in [-0.2, -0.15) is 0 Å². The molecule has 11 heteroatoms. The molecule has 44 heavy (non-hydrogen) atoms. The number of phosphoric ester groups is 1. The van der Waals surface area contributed by atoms with Crippen molar-refractivity contribution in [1.82, 2.24) is 0 Å². The zero-order valence-corrected chi connectivity index (χ0v) is 30.7. The predicted molar refractivity (Wildman–Crippen MR) is 181 cm³/mol. The van der Waals surface area contributed by atoms with Crippen molar-refractivity contribution in [2.75, 3.05) is 103 Å². The van der Waals surface area contributed by atoms with Crippen LogP contribution in [0.5, 0.6) is 0 Å². The Labute approximate surface area is 270 Å². The van der Waals surface area contributed by atoms with Crippen molar-refractivity contribution in [1.29, 1.82) is 0 Å². The first kappa shape index (κ1) is 42.6. The molecule has 0 aliphatic rings. The van der Waals surface area contributed by atoms with Crippen molar-refractivity contribution in [3.63, 3.8) is 0 Å². The molecule has 0 heterocycles. The SMILES string of the molecule is C=COCCCCC(C[N+](C)(C)C)OP(=O)(OC(CCCCOC=C)C[N+](C)(C)C)OC(CCCCOC=C)C[N+](C)(C)C. The van der Waals surface area contributed by atoms with Gasteiger partial charge in [-0.25, -0.2) is 4.57 Å². The summed E-state index contributed by atoms with van der Waals surface area (Å²) in [5, 5.41) is 0. The number of ether oxygens (including phenoxy) is 3. The summed E-state index contributed by atoms with van der Waals surface area (Å²) >= 11 is 0. The Bertz CT molecular complexity index is 717. The van der Waals surface area contributed by atoms with Gasteiger partial charge in [-0.3, -0.25) is 13.6 Å². The van der Waals surface area contributed by atoms with E-state index >= 15 is 0 Å². The van der Waals surface area contributed by atoms with Crippen LogP contribution in [-0.4, -0.2) is 135 Å². The molecule has 3 atom stereocenters. The van der Waals surface area contributed by atoms with Crippen LogP contribution in [0.2, 0.25) is 0 Å². The van der Waals surface area contributed by atoms with Gasteiger partial charge >= 0.3 is 7.82 Å². The second-order valence-electron chi connectivity index (χ2n) is 14.6. The van der Waals surface area contributed by atoms with E-state index < -0.39 is 7.82 Å². The van der Waals surface area contributed by atoms with Crippen LogP contribution in [0.4, 0.5) is 0 Å². The molecule has 0 radical (unpaired) electrons. The van der Waals surface area contributed by atoms with E-state index in [1.807, 2.05) is 0 Å². The van der Waals surface area contributed by atoms with Crippen LogP contribution in [0, 0.1) is 0 Å². The normalized spacial score (nSPS) is 15.9. The molecule has 0 N–H and O–H groups in total. The van der Waals surface area contributed by atoms with Gasteiger partial charge in [-0.05, 0) is 57.8 Å². The Morgan fingerprint density at radius 2 is 0.750 bits per heavy atom. The highest BCUT2D eigenvalue weighted by Gasteiger charge is 2.40. The lowest BCUT2D eigenvalue weighted by atomic mass is 10.1. The summed E-state index contributed by atoms with van der Waals surface area (Å²) in [6.45, 7) is 14.6. The third-order valence-electron chi connectivity index (χ3n) is 6.56. The van der Waals surface area contributed by atoms with E-state index in [4.69, 9.17) is 27.8 Å². The van der Waals surface area contributed by atoms with Crippen molar-refractivity contribution in [2.24, 2.45) is 0 Å². The van der Waals surface area contributed by atoms with E-state index in [1.165, 1.54) is 18.8 Å². The minimum Gasteiger partial charge on any atom is -0.502 e. The largest absolute Gasteiger partial charge is 0.502 e. The zero-order valence-electron chi connectivity index (χ0n) is 29.8. The molecule has 0 aromatic heterocycles. The summed E-state index contributed by atoms with van der Waals surface area (Å²) in [7, 11) is 15.0. The molecule has 0 bridgehead atoms. The zero-order chi connectivity index (χ0) is 33.7. The maximum atomic E-state index is 14.9. The molecule has 260 valence electrons. The smallest absolute Gasteiger partial charge is 0.476 e. The molecule has 0 aliphatic heterocycles. The van der Waals surface area contributed by atoms with Crippen LogP contribution in [0.1, 0.15) is 57.8 Å². The number of phosphoric acid groups is 1. The van der Waals surface area contributed by atoms with Gasteiger partial charge in [0, 0.05) is 0 Å². The molecule has 0 spiro atoms. The van der Waals surface area contributed by atoms with Crippen LogP contribution >= 0.6 is 7.82 Å². The Kier molecular flexibility index (Phi) is 21.5. The summed E-state index contributed by atoms with van der Waals surface area (Å²) in [6.07, 6.45) is 10.7. The number of hydrogen-bond acceptors (Lipinski definition) is 7. The van der Waals surface area contributed by atoms with E-state index in [0.29, 0.717) is 72.2 Å². The Hall–Kier alpha value is -1.39. The second-order valence-corrected chi connectivity index (χ2v) is 16.2. The monoisotopic (exact) mass is 650 g/mol. The maximum Gasteiger partial charge on any atom is 0.476 e. The van der Waals surface area contributed by atoms with Crippen LogP contribution in [0.25, 0.3) is 0 Å². The number of nitrogens with zero attached hydrogens (tertiary/aromatic N) is 3. The predicted octanol–water partition coefficient (Wildman–Crippen LogP) is 6.36. The first-order valence-electron chi connectivity index (χ1n) is 16.2. The third-order valence-corrected chi connectivity index (χ3v) is 8.23. The van der Waals surface area contributed by atoms with Crippen molar-refractivity contribution in [3.05, 3.63) is 38.5 Å². The van der Waals surface area contributed by atoms with Crippen molar-refractivity contribution in [3.8, 4) is 0 Å². The first-order valence-corrected chi connectivity index (χ1v) is 17.6. The summed E-state index contributed by atoms with van der Waals surface area (Å²) in [5.74, 6) is 0. The van der Waals surface area contributed by atoms with Crippen molar-refractivity contribution in [2.45, 2.75) is 76.1 Å². The molecule has 0 aromatic rings. The molecular formula is C33H69N3O7P+3. The van der Waals surface area contributed by atoms with E-state index in [0.717, 1.165) is 38.5 Å². The topological polar surface area (TPSA) is 72.5 Å². The molecule has 0 amide bonds. The summed E-state index contributed by atoms with van der Waals surface area (Å²) in [5.41, 5.74) is 0.